The summed E-state index contributed by atoms with van der Waals surface area (Å²) >= 11 is 0. The second-order valence-corrected chi connectivity index (χ2v) is 5.39. The molecule has 0 spiro atoms. The first-order valence-corrected chi connectivity index (χ1v) is 6.47. The molecule has 2 rings (SSSR count). The van der Waals surface area contributed by atoms with Crippen molar-refractivity contribution in [2.24, 2.45) is 5.41 Å². The first kappa shape index (κ1) is 14.2. The quantitative estimate of drug-likeness (QED) is 0.714. The number of carboxylic acid groups (broad SMARTS) is 1. The zero-order valence-corrected chi connectivity index (χ0v) is 11.6. The first-order valence-electron chi connectivity index (χ1n) is 6.47. The Bertz CT molecular complexity index is 559. The van der Waals surface area contributed by atoms with Gasteiger partial charge in [-0.25, -0.2) is 4.79 Å². The summed E-state index contributed by atoms with van der Waals surface area (Å²) in [6, 6.07) is 4.94. The number of carboxylic acids is 1. The molecular formula is C14H19N3O3. The summed E-state index contributed by atoms with van der Waals surface area (Å²) in [6.07, 6.45) is 0.736. The van der Waals surface area contributed by atoms with Crippen molar-refractivity contribution < 1.29 is 14.7 Å². The molecule has 0 radical (unpaired) electrons. The first-order chi connectivity index (χ1) is 9.37. The second-order valence-electron chi connectivity index (χ2n) is 5.39. The van der Waals surface area contributed by atoms with Crippen molar-refractivity contribution in [3.8, 4) is 0 Å². The number of carbonyl (C=O) groups excluding carboxylic acids is 1. The molecule has 1 atom stereocenters. The Morgan fingerprint density at radius 2 is 2.15 bits per heavy atom. The van der Waals surface area contributed by atoms with E-state index < -0.39 is 11.4 Å². The number of benzene rings is 1. The summed E-state index contributed by atoms with van der Waals surface area (Å²) < 4.78 is 0. The molecule has 1 saturated heterocycles. The van der Waals surface area contributed by atoms with Crippen molar-refractivity contribution in [3.63, 3.8) is 0 Å². The van der Waals surface area contributed by atoms with Gasteiger partial charge < -0.3 is 21.1 Å². The molecule has 0 saturated carbocycles. The number of hydrogen-bond donors (Lipinski definition) is 3. The fraction of sp³-hybridized carbons (Fsp3) is 0.429. The number of hydrogen-bond acceptors (Lipinski definition) is 4. The predicted molar refractivity (Wildman–Crippen MR) is 76.8 cm³/mol. The lowest BCUT2D eigenvalue weighted by atomic mass is 9.89. The van der Waals surface area contributed by atoms with Crippen LogP contribution in [0.3, 0.4) is 0 Å². The van der Waals surface area contributed by atoms with Gasteiger partial charge in [-0.15, -0.1) is 0 Å². The van der Waals surface area contributed by atoms with E-state index in [2.05, 4.69) is 5.32 Å². The molecule has 1 aromatic carbocycles. The van der Waals surface area contributed by atoms with Crippen LogP contribution in [0.1, 0.15) is 23.7 Å². The summed E-state index contributed by atoms with van der Waals surface area (Å²) in [5.41, 5.74) is 6.32. The topological polar surface area (TPSA) is 95.7 Å². The van der Waals surface area contributed by atoms with Gasteiger partial charge in [-0.3, -0.25) is 4.79 Å². The molecule has 6 heteroatoms. The van der Waals surface area contributed by atoms with Crippen LogP contribution in [0.15, 0.2) is 18.2 Å². The number of rotatable bonds is 3. The zero-order chi connectivity index (χ0) is 14.9. The molecule has 1 unspecified atom stereocenters. The van der Waals surface area contributed by atoms with Crippen LogP contribution in [-0.2, 0) is 4.79 Å². The molecule has 6 nitrogen and oxygen atoms in total. The number of nitrogens with one attached hydrogen (secondary N) is 1. The van der Waals surface area contributed by atoms with Crippen molar-refractivity contribution in [3.05, 3.63) is 23.8 Å². The number of nitrogens with zero attached hydrogens (tertiary/aromatic N) is 1. The van der Waals surface area contributed by atoms with Gasteiger partial charge in [0.05, 0.1) is 11.0 Å². The molecular weight excluding hydrogens is 258 g/mol. The van der Waals surface area contributed by atoms with Crippen LogP contribution in [0.2, 0.25) is 0 Å². The molecule has 20 heavy (non-hydrogen) atoms. The van der Waals surface area contributed by atoms with Crippen LogP contribution < -0.4 is 16.0 Å². The van der Waals surface area contributed by atoms with Crippen molar-refractivity contribution in [2.75, 3.05) is 30.8 Å². The van der Waals surface area contributed by atoms with Crippen LogP contribution in [0.25, 0.3) is 0 Å². The summed E-state index contributed by atoms with van der Waals surface area (Å²) in [6.45, 7) is 3.20. The van der Waals surface area contributed by atoms with Crippen LogP contribution in [0.5, 0.6) is 0 Å². The van der Waals surface area contributed by atoms with Gasteiger partial charge in [0, 0.05) is 31.5 Å². The van der Waals surface area contributed by atoms with Crippen LogP contribution in [0, 0.1) is 5.41 Å². The summed E-state index contributed by atoms with van der Waals surface area (Å²) in [7, 11) is 1.63. The highest BCUT2D eigenvalue weighted by molar-refractivity contribution is 5.95. The molecule has 4 N–H and O–H groups in total. The Morgan fingerprint density at radius 1 is 1.45 bits per heavy atom. The minimum absolute atomic E-state index is 0.00824. The lowest BCUT2D eigenvalue weighted by Crippen LogP contribution is -2.39. The average Bonchev–Trinajstić information content (AvgIpc) is 2.82. The average molecular weight is 277 g/mol. The highest BCUT2D eigenvalue weighted by atomic mass is 16.4. The third kappa shape index (κ3) is 2.41. The van der Waals surface area contributed by atoms with Crippen LogP contribution >= 0.6 is 0 Å². The Kier molecular flexibility index (Phi) is 3.57. The fourth-order valence-corrected chi connectivity index (χ4v) is 2.59. The normalized spacial score (nSPS) is 21.8. The van der Waals surface area contributed by atoms with Crippen LogP contribution in [-0.4, -0.2) is 37.1 Å². The lowest BCUT2D eigenvalue weighted by molar-refractivity contribution is -0.128. The van der Waals surface area contributed by atoms with Gasteiger partial charge in [-0.05, 0) is 31.5 Å². The van der Waals surface area contributed by atoms with Crippen molar-refractivity contribution in [2.45, 2.75) is 13.3 Å². The SMILES string of the molecule is CNC(=O)C1(C)CCN(c2ccc(N)c(C(=O)O)c2)C1. The maximum atomic E-state index is 11.9. The summed E-state index contributed by atoms with van der Waals surface area (Å²) in [5.74, 6) is -1.04. The van der Waals surface area contributed by atoms with E-state index in [-0.39, 0.29) is 17.2 Å². The van der Waals surface area contributed by atoms with Gasteiger partial charge in [-0.1, -0.05) is 0 Å². The maximum Gasteiger partial charge on any atom is 0.337 e. The Morgan fingerprint density at radius 3 is 2.75 bits per heavy atom. The maximum absolute atomic E-state index is 11.9. The number of carbonyl (C=O) groups is 2. The Labute approximate surface area is 117 Å². The number of amides is 1. The van der Waals surface area contributed by atoms with Gasteiger partial charge in [0.1, 0.15) is 0 Å². The highest BCUT2D eigenvalue weighted by Crippen LogP contribution is 2.34. The number of nitrogens with two attached hydrogens (primary N) is 1. The molecule has 1 aliphatic rings. The van der Waals surface area contributed by atoms with E-state index in [1.54, 1.807) is 25.2 Å². The molecule has 1 aromatic rings. The standard InChI is InChI=1S/C14H19N3O3/c1-14(13(20)16-2)5-6-17(8-14)9-3-4-11(15)10(7-9)12(18)19/h3-4,7H,5-6,8,15H2,1-2H3,(H,16,20)(H,18,19). The van der Waals surface area contributed by atoms with Gasteiger partial charge in [0.15, 0.2) is 0 Å². The van der Waals surface area contributed by atoms with E-state index in [4.69, 9.17) is 10.8 Å². The van der Waals surface area contributed by atoms with Gasteiger partial charge in [-0.2, -0.15) is 0 Å². The molecule has 1 heterocycles. The minimum atomic E-state index is -1.04. The van der Waals surface area contributed by atoms with E-state index in [9.17, 15) is 9.59 Å². The highest BCUT2D eigenvalue weighted by Gasteiger charge is 2.40. The number of anilines is 2. The van der Waals surface area contributed by atoms with Gasteiger partial charge in [0.25, 0.3) is 0 Å². The van der Waals surface area contributed by atoms with E-state index in [1.807, 2.05) is 11.8 Å². The predicted octanol–water partition coefficient (Wildman–Crippen LogP) is 0.929. The lowest BCUT2D eigenvalue weighted by Gasteiger charge is -2.24. The fourth-order valence-electron chi connectivity index (χ4n) is 2.59. The van der Waals surface area contributed by atoms with Gasteiger partial charge in [0.2, 0.25) is 5.91 Å². The third-order valence-corrected chi connectivity index (χ3v) is 3.88. The molecule has 1 aliphatic heterocycles. The molecule has 1 fully saturated rings. The Hall–Kier alpha value is -2.24. The van der Waals surface area contributed by atoms with Gasteiger partial charge >= 0.3 is 5.97 Å². The molecule has 0 aliphatic carbocycles. The molecule has 1 amide bonds. The molecule has 0 bridgehead atoms. The number of nitrogen functional groups attached to an aromatic ring is 1. The third-order valence-electron chi connectivity index (χ3n) is 3.88. The zero-order valence-electron chi connectivity index (χ0n) is 11.6. The van der Waals surface area contributed by atoms with Crippen molar-refractivity contribution in [1.82, 2.24) is 5.32 Å². The largest absolute Gasteiger partial charge is 0.478 e. The monoisotopic (exact) mass is 277 g/mol. The van der Waals surface area contributed by atoms with E-state index in [0.717, 1.165) is 12.1 Å². The van der Waals surface area contributed by atoms with E-state index >= 15 is 0 Å². The van der Waals surface area contributed by atoms with Crippen LogP contribution in [0.4, 0.5) is 11.4 Å². The van der Waals surface area contributed by atoms with E-state index in [0.29, 0.717) is 13.1 Å². The van der Waals surface area contributed by atoms with E-state index in [1.165, 1.54) is 0 Å². The summed E-state index contributed by atoms with van der Waals surface area (Å²) in [5, 5.41) is 11.8. The Balaban J connectivity index is 2.25. The van der Waals surface area contributed by atoms with Crippen molar-refractivity contribution in [1.29, 1.82) is 0 Å². The summed E-state index contributed by atoms with van der Waals surface area (Å²) in [4.78, 5) is 25.0. The molecule has 108 valence electrons. The minimum Gasteiger partial charge on any atom is -0.478 e. The second kappa shape index (κ2) is 5.03. The van der Waals surface area contributed by atoms with Crippen molar-refractivity contribution >= 4 is 23.3 Å². The number of aromatic carboxylic acids is 1. The smallest absolute Gasteiger partial charge is 0.337 e. The molecule has 0 aromatic heterocycles.